The zero-order valence-electron chi connectivity index (χ0n) is 14.1. The number of nitrogens with zero attached hydrogens (tertiary/aromatic N) is 2. The summed E-state index contributed by atoms with van der Waals surface area (Å²) in [5.74, 6) is -0.529. The quantitative estimate of drug-likeness (QED) is 0.880. The van der Waals surface area contributed by atoms with E-state index in [0.29, 0.717) is 17.8 Å². The van der Waals surface area contributed by atoms with Gasteiger partial charge >= 0.3 is 6.36 Å². The summed E-state index contributed by atoms with van der Waals surface area (Å²) in [5, 5.41) is 10.4. The number of hydrogen-bond acceptors (Lipinski definition) is 4. The van der Waals surface area contributed by atoms with E-state index in [1.165, 1.54) is 24.4 Å². The van der Waals surface area contributed by atoms with E-state index in [9.17, 15) is 18.0 Å². The minimum absolute atomic E-state index is 0.249. The van der Waals surface area contributed by atoms with E-state index in [1.807, 2.05) is 0 Å². The number of carbonyl (C=O) groups is 1. The molecule has 1 aliphatic carbocycles. The number of carbonyl (C=O) groups excluding carboxylic acids is 1. The van der Waals surface area contributed by atoms with E-state index >= 15 is 0 Å². The first-order chi connectivity index (χ1) is 12.3. The summed E-state index contributed by atoms with van der Waals surface area (Å²) in [6.07, 6.45) is -0.817. The Labute approximate surface area is 148 Å². The molecule has 1 amide bonds. The number of nitrogens with one attached hydrogen (secondary N) is 1. The van der Waals surface area contributed by atoms with Crippen LogP contribution in [0.4, 0.5) is 13.2 Å². The van der Waals surface area contributed by atoms with E-state index in [1.54, 1.807) is 19.1 Å². The van der Waals surface area contributed by atoms with Crippen LogP contribution in [0.1, 0.15) is 40.9 Å². The van der Waals surface area contributed by atoms with Crippen molar-refractivity contribution in [2.75, 3.05) is 6.54 Å². The zero-order chi connectivity index (χ0) is 18.8. The predicted octanol–water partition coefficient (Wildman–Crippen LogP) is 3.54. The van der Waals surface area contributed by atoms with E-state index in [0.717, 1.165) is 24.8 Å². The molecule has 0 radical (unpaired) electrons. The van der Waals surface area contributed by atoms with Gasteiger partial charge in [0.2, 0.25) is 0 Å². The molecule has 1 aromatic heterocycles. The molecule has 0 aliphatic heterocycles. The molecule has 2 aromatic rings. The summed E-state index contributed by atoms with van der Waals surface area (Å²) in [4.78, 5) is 12.3. The fourth-order valence-corrected chi connectivity index (χ4v) is 3.14. The van der Waals surface area contributed by atoms with Gasteiger partial charge in [0.05, 0.1) is 17.5 Å². The highest BCUT2D eigenvalue weighted by molar-refractivity contribution is 5.93. The predicted molar refractivity (Wildman–Crippen MR) is 87.8 cm³/mol. The zero-order valence-corrected chi connectivity index (χ0v) is 14.1. The van der Waals surface area contributed by atoms with Crippen molar-refractivity contribution in [1.29, 1.82) is 0 Å². The Kier molecular flexibility index (Phi) is 4.84. The topological polar surface area (TPSA) is 64.1 Å². The second-order valence-electron chi connectivity index (χ2n) is 6.48. The third-order valence-electron chi connectivity index (χ3n) is 4.62. The van der Waals surface area contributed by atoms with Gasteiger partial charge in [0, 0.05) is 12.0 Å². The van der Waals surface area contributed by atoms with Gasteiger partial charge in [0.25, 0.3) is 5.91 Å². The molecule has 0 saturated heterocycles. The maximum Gasteiger partial charge on any atom is 0.573 e. The molecule has 5 nitrogen and oxygen atoms in total. The Morgan fingerprint density at radius 3 is 2.69 bits per heavy atom. The molecule has 0 bridgehead atoms. The van der Waals surface area contributed by atoms with Crippen LogP contribution in [-0.4, -0.2) is 29.0 Å². The first kappa shape index (κ1) is 18.2. The van der Waals surface area contributed by atoms with Gasteiger partial charge in [-0.15, -0.1) is 13.2 Å². The summed E-state index contributed by atoms with van der Waals surface area (Å²) < 4.78 is 41.4. The molecule has 1 aliphatic rings. The van der Waals surface area contributed by atoms with E-state index in [4.69, 9.17) is 0 Å². The molecule has 0 spiro atoms. The average molecular weight is 365 g/mol. The number of ether oxygens (including phenoxy) is 1. The first-order valence-corrected chi connectivity index (χ1v) is 8.21. The molecule has 1 saturated carbocycles. The van der Waals surface area contributed by atoms with Gasteiger partial charge in [0.1, 0.15) is 5.75 Å². The summed E-state index contributed by atoms with van der Waals surface area (Å²) in [6, 6.07) is 7.61. The Hall–Kier alpha value is -2.64. The minimum atomic E-state index is -4.73. The summed E-state index contributed by atoms with van der Waals surface area (Å²) in [6.45, 7) is 2.08. The van der Waals surface area contributed by atoms with Crippen LogP contribution in [0.3, 0.4) is 0 Å². The van der Waals surface area contributed by atoms with Crippen LogP contribution in [0, 0.1) is 6.92 Å². The van der Waals surface area contributed by atoms with E-state index in [2.05, 4.69) is 20.3 Å². The number of halogens is 3. The number of rotatable bonds is 5. The Morgan fingerprint density at radius 2 is 2.08 bits per heavy atom. The lowest BCUT2D eigenvalue weighted by molar-refractivity contribution is -0.274. The second kappa shape index (κ2) is 6.93. The molecular formula is C18H18F3N3O2. The number of aromatic nitrogens is 2. The van der Waals surface area contributed by atoms with Gasteiger partial charge < -0.3 is 10.1 Å². The van der Waals surface area contributed by atoms with Crippen molar-refractivity contribution < 1.29 is 22.7 Å². The third kappa shape index (κ3) is 4.12. The Balaban J connectivity index is 1.73. The summed E-state index contributed by atoms with van der Waals surface area (Å²) in [5.41, 5.74) is 1.39. The highest BCUT2D eigenvalue weighted by Gasteiger charge is 2.40. The molecule has 1 heterocycles. The number of amides is 1. The van der Waals surface area contributed by atoms with Crippen molar-refractivity contribution in [3.05, 3.63) is 53.3 Å². The number of aryl methyl sites for hydroxylation is 1. The van der Waals surface area contributed by atoms with Crippen molar-refractivity contribution in [2.24, 2.45) is 0 Å². The normalized spacial score (nSPS) is 15.8. The Morgan fingerprint density at radius 1 is 1.31 bits per heavy atom. The fourth-order valence-electron chi connectivity index (χ4n) is 3.14. The molecule has 1 fully saturated rings. The standard InChI is InChI=1S/C18H18F3N3O2/c1-12-8-13(10-23-24-12)16(25)22-11-17(6-3-7-17)14-4-2-5-15(9-14)26-18(19,20)21/h2,4-5,8-10H,3,6-7,11H2,1H3,(H,22,25). The lowest BCUT2D eigenvalue weighted by atomic mass is 9.64. The van der Waals surface area contributed by atoms with Crippen LogP contribution >= 0.6 is 0 Å². The monoisotopic (exact) mass is 365 g/mol. The van der Waals surface area contributed by atoms with Crippen molar-refractivity contribution in [3.63, 3.8) is 0 Å². The van der Waals surface area contributed by atoms with Gasteiger partial charge in [-0.25, -0.2) is 0 Å². The van der Waals surface area contributed by atoms with Crippen molar-refractivity contribution in [3.8, 4) is 5.75 Å². The van der Waals surface area contributed by atoms with Crippen LogP contribution in [0.2, 0.25) is 0 Å². The van der Waals surface area contributed by atoms with Crippen LogP contribution in [-0.2, 0) is 5.41 Å². The van der Waals surface area contributed by atoms with Gasteiger partial charge in [-0.1, -0.05) is 18.6 Å². The van der Waals surface area contributed by atoms with Crippen molar-refractivity contribution in [1.82, 2.24) is 15.5 Å². The minimum Gasteiger partial charge on any atom is -0.406 e. The highest BCUT2D eigenvalue weighted by Crippen LogP contribution is 2.44. The second-order valence-corrected chi connectivity index (χ2v) is 6.48. The average Bonchev–Trinajstić information content (AvgIpc) is 2.52. The third-order valence-corrected chi connectivity index (χ3v) is 4.62. The maximum atomic E-state index is 12.4. The molecule has 8 heteroatoms. The van der Waals surface area contributed by atoms with Crippen LogP contribution in [0.25, 0.3) is 0 Å². The summed E-state index contributed by atoms with van der Waals surface area (Å²) in [7, 11) is 0. The summed E-state index contributed by atoms with van der Waals surface area (Å²) >= 11 is 0. The van der Waals surface area contributed by atoms with Crippen LogP contribution < -0.4 is 10.1 Å². The maximum absolute atomic E-state index is 12.4. The molecule has 26 heavy (non-hydrogen) atoms. The number of benzene rings is 1. The number of hydrogen-bond donors (Lipinski definition) is 1. The van der Waals surface area contributed by atoms with Gasteiger partial charge in [-0.3, -0.25) is 4.79 Å². The van der Waals surface area contributed by atoms with Gasteiger partial charge in [-0.2, -0.15) is 10.2 Å². The van der Waals surface area contributed by atoms with Crippen LogP contribution in [0.15, 0.2) is 36.5 Å². The molecule has 1 N–H and O–H groups in total. The van der Waals surface area contributed by atoms with Crippen molar-refractivity contribution >= 4 is 5.91 Å². The highest BCUT2D eigenvalue weighted by atomic mass is 19.4. The molecule has 0 atom stereocenters. The van der Waals surface area contributed by atoms with Gasteiger partial charge in [0.15, 0.2) is 0 Å². The number of alkyl halides is 3. The van der Waals surface area contributed by atoms with Crippen molar-refractivity contribution in [2.45, 2.75) is 38.0 Å². The largest absolute Gasteiger partial charge is 0.573 e. The van der Waals surface area contributed by atoms with E-state index in [-0.39, 0.29) is 17.1 Å². The molecular weight excluding hydrogens is 347 g/mol. The van der Waals surface area contributed by atoms with E-state index < -0.39 is 6.36 Å². The molecule has 138 valence electrons. The van der Waals surface area contributed by atoms with Crippen LogP contribution in [0.5, 0.6) is 5.75 Å². The molecule has 0 unspecified atom stereocenters. The van der Waals surface area contributed by atoms with Gasteiger partial charge in [-0.05, 0) is 43.5 Å². The molecule has 1 aromatic carbocycles. The molecule has 3 rings (SSSR count). The fraction of sp³-hybridized carbons (Fsp3) is 0.389. The Bertz CT molecular complexity index is 804. The SMILES string of the molecule is Cc1cc(C(=O)NCC2(c3cccc(OC(F)(F)F)c3)CCC2)cnn1. The lowest BCUT2D eigenvalue weighted by Crippen LogP contribution is -2.45. The first-order valence-electron chi connectivity index (χ1n) is 8.21. The smallest absolute Gasteiger partial charge is 0.406 e. The lowest BCUT2D eigenvalue weighted by Gasteiger charge is -2.42.